The number of carbonyl (C=O) groups excluding carboxylic acids is 2. The van der Waals surface area contributed by atoms with Gasteiger partial charge in [-0.05, 0) is 106 Å². The second kappa shape index (κ2) is 10.8. The molecular weight excluding hydrogens is 554 g/mol. The van der Waals surface area contributed by atoms with E-state index in [-0.39, 0.29) is 22.5 Å². The first-order chi connectivity index (χ1) is 20.0. The molecule has 0 aliphatic heterocycles. The van der Waals surface area contributed by atoms with E-state index >= 15 is 0 Å². The molecule has 4 bridgehead atoms. The van der Waals surface area contributed by atoms with Crippen molar-refractivity contribution in [1.29, 1.82) is 0 Å². The number of ether oxygens (including phenoxy) is 2. The molecule has 0 atom stereocenters. The predicted octanol–water partition coefficient (Wildman–Crippen LogP) is 7.60. The van der Waals surface area contributed by atoms with Gasteiger partial charge >= 0.3 is 12.1 Å². The van der Waals surface area contributed by atoms with Gasteiger partial charge in [-0.1, -0.05) is 17.7 Å². The molecule has 4 aliphatic carbocycles. The summed E-state index contributed by atoms with van der Waals surface area (Å²) >= 11 is 6.82. The molecular formula is C32H36ClN5O4. The van der Waals surface area contributed by atoms with Crippen molar-refractivity contribution in [3.05, 3.63) is 65.2 Å². The largest absolute Gasteiger partial charge is 0.465 e. The quantitative estimate of drug-likeness (QED) is 0.293. The highest BCUT2D eigenvalue weighted by Gasteiger charge is 2.51. The Morgan fingerprint density at radius 2 is 1.69 bits per heavy atom. The van der Waals surface area contributed by atoms with E-state index < -0.39 is 17.7 Å². The summed E-state index contributed by atoms with van der Waals surface area (Å²) in [6.07, 6.45) is 13.1. The van der Waals surface area contributed by atoms with Crippen LogP contribution in [0.1, 0.15) is 75.2 Å². The Bertz CT molecular complexity index is 1470. The Morgan fingerprint density at radius 3 is 2.26 bits per heavy atom. The third-order valence-corrected chi connectivity index (χ3v) is 9.08. The maximum atomic E-state index is 13.3. The maximum absolute atomic E-state index is 13.3. The van der Waals surface area contributed by atoms with Gasteiger partial charge in [-0.3, -0.25) is 4.98 Å². The number of benzene rings is 1. The van der Waals surface area contributed by atoms with Crippen LogP contribution in [0.25, 0.3) is 0 Å². The van der Waals surface area contributed by atoms with E-state index in [0.717, 1.165) is 23.4 Å². The molecule has 0 spiro atoms. The molecule has 1 N–H and O–H groups in total. The normalized spacial score (nSPS) is 24.3. The van der Waals surface area contributed by atoms with Crippen LogP contribution < -0.4 is 10.2 Å². The zero-order valence-corrected chi connectivity index (χ0v) is 25.1. The average Bonchev–Trinajstić information content (AvgIpc) is 2.93. The van der Waals surface area contributed by atoms with Gasteiger partial charge in [0.1, 0.15) is 17.0 Å². The standard InChI is InChI=1S/C32H36ClN5O4/c1-31(2,3)42-30(40)38(26-7-8-34-16-23(26)29(39)41-4)28-18-35-27(17-36-28)37-25-6-5-22(12-24(25)33)32-13-19-9-20(14-32)11-21(10-19)15-32/h5-8,12,16-21H,9-11,13-15H2,1-4H3,(H,35,37). The molecule has 0 saturated heterocycles. The molecule has 42 heavy (non-hydrogen) atoms. The van der Waals surface area contributed by atoms with Gasteiger partial charge in [0.25, 0.3) is 0 Å². The van der Waals surface area contributed by atoms with Crippen LogP contribution in [-0.2, 0) is 14.9 Å². The molecule has 7 rings (SSSR count). The lowest BCUT2D eigenvalue weighted by atomic mass is 9.48. The van der Waals surface area contributed by atoms with Gasteiger partial charge in [-0.15, -0.1) is 0 Å². The summed E-state index contributed by atoms with van der Waals surface area (Å²) in [6, 6.07) is 7.89. The summed E-state index contributed by atoms with van der Waals surface area (Å²) in [6.45, 7) is 5.27. The van der Waals surface area contributed by atoms with Crippen LogP contribution in [0.3, 0.4) is 0 Å². The first-order valence-corrected chi connectivity index (χ1v) is 14.9. The summed E-state index contributed by atoms with van der Waals surface area (Å²) in [7, 11) is 1.26. The number of rotatable bonds is 6. The topological polar surface area (TPSA) is 107 Å². The summed E-state index contributed by atoms with van der Waals surface area (Å²) in [5.74, 6) is 2.54. The van der Waals surface area contributed by atoms with Crippen LogP contribution >= 0.6 is 11.6 Å². The first-order valence-electron chi connectivity index (χ1n) is 14.5. The van der Waals surface area contributed by atoms with Gasteiger partial charge in [-0.2, -0.15) is 0 Å². The van der Waals surface area contributed by atoms with Crippen LogP contribution in [0.15, 0.2) is 49.1 Å². The minimum atomic E-state index is -0.790. The van der Waals surface area contributed by atoms with Crippen molar-refractivity contribution in [1.82, 2.24) is 15.0 Å². The monoisotopic (exact) mass is 589 g/mol. The predicted molar refractivity (Wildman–Crippen MR) is 161 cm³/mol. The summed E-state index contributed by atoms with van der Waals surface area (Å²) in [4.78, 5) is 40.0. The lowest BCUT2D eigenvalue weighted by Gasteiger charge is -2.57. The molecule has 0 radical (unpaired) electrons. The van der Waals surface area contributed by atoms with E-state index in [0.29, 0.717) is 10.8 Å². The first kappa shape index (κ1) is 28.4. The second-order valence-electron chi connectivity index (χ2n) is 13.0. The van der Waals surface area contributed by atoms with Gasteiger partial charge in [0, 0.05) is 12.4 Å². The number of esters is 1. The van der Waals surface area contributed by atoms with Crippen LogP contribution in [0.2, 0.25) is 5.02 Å². The number of nitrogens with one attached hydrogen (secondary N) is 1. The van der Waals surface area contributed by atoms with Gasteiger partial charge in [-0.25, -0.2) is 24.5 Å². The second-order valence-corrected chi connectivity index (χ2v) is 13.4. The maximum Gasteiger partial charge on any atom is 0.420 e. The average molecular weight is 590 g/mol. The molecule has 1 amide bonds. The Labute approximate surface area is 251 Å². The number of pyridine rings is 1. The van der Waals surface area contributed by atoms with Crippen molar-refractivity contribution >= 4 is 46.7 Å². The molecule has 220 valence electrons. The van der Waals surface area contributed by atoms with Gasteiger partial charge in [0.2, 0.25) is 0 Å². The molecule has 0 unspecified atom stereocenters. The lowest BCUT2D eigenvalue weighted by Crippen LogP contribution is -2.48. The number of anilines is 4. The van der Waals surface area contributed by atoms with E-state index in [1.165, 1.54) is 87.0 Å². The number of amides is 1. The molecule has 2 aromatic heterocycles. The molecule has 3 aromatic rings. The summed E-state index contributed by atoms with van der Waals surface area (Å²) < 4.78 is 10.5. The molecule has 4 aliphatic rings. The van der Waals surface area contributed by atoms with Crippen molar-refractivity contribution < 1.29 is 19.1 Å². The van der Waals surface area contributed by atoms with E-state index in [2.05, 4.69) is 32.4 Å². The number of hydrogen-bond donors (Lipinski definition) is 1. The van der Waals surface area contributed by atoms with Crippen LogP contribution in [0.4, 0.5) is 27.8 Å². The van der Waals surface area contributed by atoms with Crippen molar-refractivity contribution in [3.63, 3.8) is 0 Å². The Balaban J connectivity index is 1.25. The van der Waals surface area contributed by atoms with Crippen LogP contribution in [0.5, 0.6) is 0 Å². The van der Waals surface area contributed by atoms with Gasteiger partial charge < -0.3 is 14.8 Å². The number of hydrogen-bond acceptors (Lipinski definition) is 8. The molecule has 4 fully saturated rings. The SMILES string of the molecule is COC(=O)c1cnccc1N(C(=O)OC(C)(C)C)c1cnc(Nc2ccc(C34CC5CC(CC(C5)C3)C4)cc2Cl)cn1. The number of aromatic nitrogens is 3. The molecule has 4 saturated carbocycles. The van der Waals surface area contributed by atoms with Crippen LogP contribution in [0, 0.1) is 17.8 Å². The van der Waals surface area contributed by atoms with Crippen molar-refractivity contribution in [2.24, 2.45) is 17.8 Å². The van der Waals surface area contributed by atoms with Crippen LogP contribution in [-0.4, -0.2) is 39.7 Å². The van der Waals surface area contributed by atoms with E-state index in [1.807, 2.05) is 6.07 Å². The fourth-order valence-corrected chi connectivity index (χ4v) is 7.75. The molecule has 10 heteroatoms. The highest BCUT2D eigenvalue weighted by Crippen LogP contribution is 2.61. The van der Waals surface area contributed by atoms with Gasteiger partial charge in [0.05, 0.1) is 35.9 Å². The van der Waals surface area contributed by atoms with Crippen molar-refractivity contribution in [2.45, 2.75) is 70.3 Å². The zero-order chi connectivity index (χ0) is 29.6. The summed E-state index contributed by atoms with van der Waals surface area (Å²) in [5, 5.41) is 3.90. The highest BCUT2D eigenvalue weighted by molar-refractivity contribution is 6.33. The summed E-state index contributed by atoms with van der Waals surface area (Å²) in [5.41, 5.74) is 1.86. The highest BCUT2D eigenvalue weighted by atomic mass is 35.5. The van der Waals surface area contributed by atoms with Crippen molar-refractivity contribution in [3.8, 4) is 0 Å². The smallest absolute Gasteiger partial charge is 0.420 e. The minimum absolute atomic E-state index is 0.0840. The van der Waals surface area contributed by atoms with E-state index in [9.17, 15) is 9.59 Å². The fourth-order valence-electron chi connectivity index (χ4n) is 7.52. The van der Waals surface area contributed by atoms with E-state index in [4.69, 9.17) is 21.1 Å². The molecule has 1 aromatic carbocycles. The molecule has 2 heterocycles. The minimum Gasteiger partial charge on any atom is -0.465 e. The fraction of sp³-hybridized carbons (Fsp3) is 0.469. The third kappa shape index (κ3) is 5.54. The lowest BCUT2D eigenvalue weighted by molar-refractivity contribution is -0.00518. The number of carbonyl (C=O) groups is 2. The Morgan fingerprint density at radius 1 is 1.00 bits per heavy atom. The Hall–Kier alpha value is -3.72. The molecule has 9 nitrogen and oxygen atoms in total. The van der Waals surface area contributed by atoms with Crippen molar-refractivity contribution in [2.75, 3.05) is 17.3 Å². The number of halogens is 1. The van der Waals surface area contributed by atoms with E-state index in [1.54, 1.807) is 20.8 Å². The number of nitrogens with zero attached hydrogens (tertiary/aromatic N) is 4. The van der Waals surface area contributed by atoms with Gasteiger partial charge in [0.15, 0.2) is 5.82 Å². The zero-order valence-electron chi connectivity index (χ0n) is 24.4. The third-order valence-electron chi connectivity index (χ3n) is 8.77. The Kier molecular flexibility index (Phi) is 7.33. The number of methoxy groups -OCH3 is 1.